The third-order valence-electron chi connectivity index (χ3n) is 5.79. The summed E-state index contributed by atoms with van der Waals surface area (Å²) in [5.74, 6) is 0.470. The van der Waals surface area contributed by atoms with Crippen LogP contribution in [0.2, 0.25) is 0 Å². The lowest BCUT2D eigenvalue weighted by atomic mass is 9.99. The van der Waals surface area contributed by atoms with Gasteiger partial charge in [0.15, 0.2) is 0 Å². The number of benzene rings is 3. The SMILES string of the molecule is COc1ccc(C(=O)N2CCc3ccccc3C2)cc1CN(C)S(=O)(=O)c1ccccc1. The summed E-state index contributed by atoms with van der Waals surface area (Å²) in [7, 11) is -0.606. The van der Waals surface area contributed by atoms with Gasteiger partial charge in [0.2, 0.25) is 10.0 Å². The molecule has 1 amide bonds. The number of hydrogen-bond donors (Lipinski definition) is 0. The number of methoxy groups -OCH3 is 1. The highest BCUT2D eigenvalue weighted by atomic mass is 32.2. The van der Waals surface area contributed by atoms with Crippen LogP contribution in [0.25, 0.3) is 0 Å². The first-order valence-corrected chi connectivity index (χ1v) is 11.9. The summed E-state index contributed by atoms with van der Waals surface area (Å²) in [4.78, 5) is 15.3. The Morgan fingerprint density at radius 1 is 1.00 bits per heavy atom. The molecule has 1 aliphatic rings. The summed E-state index contributed by atoms with van der Waals surface area (Å²) in [6.07, 6.45) is 0.822. The second-order valence-electron chi connectivity index (χ2n) is 7.85. The first-order valence-electron chi connectivity index (χ1n) is 10.4. The smallest absolute Gasteiger partial charge is 0.254 e. The normalized spacial score (nSPS) is 13.7. The molecule has 0 saturated heterocycles. The van der Waals surface area contributed by atoms with Gasteiger partial charge in [-0.05, 0) is 47.9 Å². The van der Waals surface area contributed by atoms with Gasteiger partial charge in [0.1, 0.15) is 5.75 Å². The second kappa shape index (κ2) is 9.14. The molecule has 0 fully saturated rings. The molecule has 0 N–H and O–H groups in total. The zero-order chi connectivity index (χ0) is 22.7. The Kier molecular flexibility index (Phi) is 6.30. The molecule has 0 spiro atoms. The van der Waals surface area contributed by atoms with Crippen molar-refractivity contribution in [2.24, 2.45) is 0 Å². The van der Waals surface area contributed by atoms with E-state index >= 15 is 0 Å². The van der Waals surface area contributed by atoms with Gasteiger partial charge in [0, 0.05) is 37.8 Å². The molecule has 4 rings (SSSR count). The van der Waals surface area contributed by atoms with Crippen molar-refractivity contribution >= 4 is 15.9 Å². The Labute approximate surface area is 189 Å². The number of ether oxygens (including phenoxy) is 1. The van der Waals surface area contributed by atoms with Crippen molar-refractivity contribution in [1.29, 1.82) is 0 Å². The van der Waals surface area contributed by atoms with E-state index in [1.165, 1.54) is 24.0 Å². The van der Waals surface area contributed by atoms with Crippen LogP contribution in [0.4, 0.5) is 0 Å². The van der Waals surface area contributed by atoms with Crippen molar-refractivity contribution in [3.8, 4) is 5.75 Å². The molecule has 0 saturated carbocycles. The Bertz CT molecular complexity index is 1230. The molecule has 0 bridgehead atoms. The highest BCUT2D eigenvalue weighted by Gasteiger charge is 2.25. The van der Waals surface area contributed by atoms with Crippen molar-refractivity contribution in [2.45, 2.75) is 24.4 Å². The first-order chi connectivity index (χ1) is 15.4. The molecule has 3 aromatic carbocycles. The van der Waals surface area contributed by atoms with Gasteiger partial charge in [0.25, 0.3) is 5.91 Å². The van der Waals surface area contributed by atoms with Crippen LogP contribution in [0, 0.1) is 0 Å². The molecule has 7 heteroatoms. The molecule has 0 atom stereocenters. The number of amides is 1. The van der Waals surface area contributed by atoms with Gasteiger partial charge in [-0.1, -0.05) is 42.5 Å². The van der Waals surface area contributed by atoms with Gasteiger partial charge in [0.05, 0.1) is 12.0 Å². The molecule has 0 aliphatic carbocycles. The highest BCUT2D eigenvalue weighted by Crippen LogP contribution is 2.26. The van der Waals surface area contributed by atoms with E-state index in [2.05, 4.69) is 12.1 Å². The fourth-order valence-corrected chi connectivity index (χ4v) is 5.15. The largest absolute Gasteiger partial charge is 0.496 e. The van der Waals surface area contributed by atoms with Crippen molar-refractivity contribution < 1.29 is 17.9 Å². The third-order valence-corrected chi connectivity index (χ3v) is 7.61. The average Bonchev–Trinajstić information content (AvgIpc) is 2.83. The summed E-state index contributed by atoms with van der Waals surface area (Å²) in [6, 6.07) is 21.6. The molecular formula is C25H26N2O4S. The zero-order valence-electron chi connectivity index (χ0n) is 18.2. The zero-order valence-corrected chi connectivity index (χ0v) is 19.0. The fraction of sp³-hybridized carbons (Fsp3) is 0.240. The van der Waals surface area contributed by atoms with Crippen molar-refractivity contribution in [2.75, 3.05) is 20.7 Å². The molecule has 32 heavy (non-hydrogen) atoms. The van der Waals surface area contributed by atoms with Gasteiger partial charge in [-0.25, -0.2) is 8.42 Å². The first kappa shape index (κ1) is 22.0. The average molecular weight is 451 g/mol. The van der Waals surface area contributed by atoms with Crippen LogP contribution < -0.4 is 4.74 Å². The minimum absolute atomic E-state index is 0.0722. The standard InChI is InChI=1S/C25H26N2O4S/c1-26(32(29,30)23-10-4-3-5-11-23)17-22-16-20(12-13-24(22)31-2)25(28)27-15-14-19-8-6-7-9-21(19)18-27/h3-13,16H,14-15,17-18H2,1-2H3. The molecule has 0 aromatic heterocycles. The van der Waals surface area contributed by atoms with Gasteiger partial charge >= 0.3 is 0 Å². The van der Waals surface area contributed by atoms with E-state index in [0.717, 1.165) is 12.0 Å². The molecular weight excluding hydrogens is 424 g/mol. The maximum absolute atomic E-state index is 13.2. The number of rotatable bonds is 6. The molecule has 0 unspecified atom stereocenters. The fourth-order valence-electron chi connectivity index (χ4n) is 3.98. The Morgan fingerprint density at radius 2 is 1.69 bits per heavy atom. The predicted molar refractivity (Wildman–Crippen MR) is 123 cm³/mol. The van der Waals surface area contributed by atoms with Crippen molar-refractivity contribution in [3.63, 3.8) is 0 Å². The van der Waals surface area contributed by atoms with Crippen LogP contribution in [-0.4, -0.2) is 44.2 Å². The van der Waals surface area contributed by atoms with Crippen LogP contribution in [0.3, 0.4) is 0 Å². The summed E-state index contributed by atoms with van der Waals surface area (Å²) in [5, 5.41) is 0. The lowest BCUT2D eigenvalue weighted by molar-refractivity contribution is 0.0734. The van der Waals surface area contributed by atoms with Gasteiger partial charge < -0.3 is 9.64 Å². The molecule has 1 heterocycles. The summed E-state index contributed by atoms with van der Waals surface area (Å²) < 4.78 is 32.6. The quantitative estimate of drug-likeness (QED) is 0.574. The van der Waals surface area contributed by atoms with Gasteiger partial charge in [-0.2, -0.15) is 4.31 Å². The Balaban J connectivity index is 1.57. The van der Waals surface area contributed by atoms with E-state index < -0.39 is 10.0 Å². The van der Waals surface area contributed by atoms with E-state index in [4.69, 9.17) is 4.74 Å². The van der Waals surface area contributed by atoms with E-state index in [-0.39, 0.29) is 17.3 Å². The van der Waals surface area contributed by atoms with Gasteiger partial charge in [-0.3, -0.25) is 4.79 Å². The minimum atomic E-state index is -3.67. The topological polar surface area (TPSA) is 66.9 Å². The van der Waals surface area contributed by atoms with Crippen LogP contribution in [0.5, 0.6) is 5.75 Å². The lowest BCUT2D eigenvalue weighted by Gasteiger charge is -2.29. The monoisotopic (exact) mass is 450 g/mol. The second-order valence-corrected chi connectivity index (χ2v) is 9.89. The van der Waals surface area contributed by atoms with E-state index in [1.807, 2.05) is 17.0 Å². The number of hydrogen-bond acceptors (Lipinski definition) is 4. The summed E-state index contributed by atoms with van der Waals surface area (Å²) >= 11 is 0. The highest BCUT2D eigenvalue weighted by molar-refractivity contribution is 7.89. The molecule has 6 nitrogen and oxygen atoms in total. The van der Waals surface area contributed by atoms with Crippen molar-refractivity contribution in [1.82, 2.24) is 9.21 Å². The predicted octanol–water partition coefficient (Wildman–Crippen LogP) is 3.71. The third kappa shape index (κ3) is 4.40. The van der Waals surface area contributed by atoms with Crippen LogP contribution in [-0.2, 0) is 29.5 Å². The van der Waals surface area contributed by atoms with Gasteiger partial charge in [-0.15, -0.1) is 0 Å². The number of sulfonamides is 1. The maximum Gasteiger partial charge on any atom is 0.254 e. The van der Waals surface area contributed by atoms with Crippen molar-refractivity contribution in [3.05, 3.63) is 95.1 Å². The maximum atomic E-state index is 13.2. The molecule has 0 radical (unpaired) electrons. The lowest BCUT2D eigenvalue weighted by Crippen LogP contribution is -2.36. The molecule has 1 aliphatic heterocycles. The number of carbonyl (C=O) groups is 1. The summed E-state index contributed by atoms with van der Waals surface area (Å²) in [5.41, 5.74) is 3.60. The summed E-state index contributed by atoms with van der Waals surface area (Å²) in [6.45, 7) is 1.31. The Morgan fingerprint density at radius 3 is 2.41 bits per heavy atom. The van der Waals surface area contributed by atoms with Crippen LogP contribution in [0.15, 0.2) is 77.7 Å². The molecule has 166 valence electrons. The number of fused-ring (bicyclic) bond motifs is 1. The number of carbonyl (C=O) groups excluding carboxylic acids is 1. The van der Waals surface area contributed by atoms with E-state index in [1.54, 1.807) is 48.5 Å². The van der Waals surface area contributed by atoms with E-state index in [9.17, 15) is 13.2 Å². The Hall–Kier alpha value is -3.16. The van der Waals surface area contributed by atoms with E-state index in [0.29, 0.717) is 30.0 Å². The van der Waals surface area contributed by atoms with Crippen LogP contribution in [0.1, 0.15) is 27.0 Å². The van der Waals surface area contributed by atoms with Crippen LogP contribution >= 0.6 is 0 Å². The molecule has 3 aromatic rings. The number of nitrogens with zero attached hydrogens (tertiary/aromatic N) is 2. The minimum Gasteiger partial charge on any atom is -0.496 e.